The van der Waals surface area contributed by atoms with Gasteiger partial charge in [-0.25, -0.2) is 4.79 Å². The van der Waals surface area contributed by atoms with Crippen LogP contribution in [-0.4, -0.2) is 37.1 Å². The molecular weight excluding hydrogens is 352 g/mol. The number of ether oxygens (including phenoxy) is 2. The average Bonchev–Trinajstić information content (AvgIpc) is 2.70. The van der Waals surface area contributed by atoms with Crippen LogP contribution in [0.25, 0.3) is 0 Å². The molecule has 0 bridgehead atoms. The summed E-state index contributed by atoms with van der Waals surface area (Å²) in [6.07, 6.45) is 1.73. The monoisotopic (exact) mass is 370 g/mol. The lowest BCUT2D eigenvalue weighted by molar-refractivity contribution is -0.385. The molecule has 2 aromatic carbocycles. The molecule has 2 aromatic rings. The van der Waals surface area contributed by atoms with Gasteiger partial charge in [0.1, 0.15) is 0 Å². The molecule has 3 rings (SSSR count). The molecule has 0 spiro atoms. The quantitative estimate of drug-likeness (QED) is 0.456. The predicted molar refractivity (Wildman–Crippen MR) is 97.0 cm³/mol. The maximum Gasteiger partial charge on any atom is 0.338 e. The van der Waals surface area contributed by atoms with Crippen LogP contribution < -0.4 is 9.64 Å². The van der Waals surface area contributed by atoms with Crippen LogP contribution >= 0.6 is 0 Å². The molecule has 0 unspecified atom stereocenters. The van der Waals surface area contributed by atoms with Gasteiger partial charge < -0.3 is 14.4 Å². The van der Waals surface area contributed by atoms with Crippen molar-refractivity contribution in [1.29, 1.82) is 0 Å². The summed E-state index contributed by atoms with van der Waals surface area (Å²) in [7, 11) is 1.30. The molecule has 0 fully saturated rings. The van der Waals surface area contributed by atoms with E-state index in [0.717, 1.165) is 30.2 Å². The molecule has 0 aromatic heterocycles. The number of esters is 1. The summed E-state index contributed by atoms with van der Waals surface area (Å²) >= 11 is 0. The fraction of sp³-hybridized carbons (Fsp3) is 0.263. The number of nitrogens with zero attached hydrogens (tertiary/aromatic N) is 2. The third-order valence-corrected chi connectivity index (χ3v) is 4.35. The summed E-state index contributed by atoms with van der Waals surface area (Å²) in [4.78, 5) is 36.7. The first kappa shape index (κ1) is 18.4. The Kier molecular flexibility index (Phi) is 5.35. The largest absolute Gasteiger partial charge is 0.490 e. The van der Waals surface area contributed by atoms with Gasteiger partial charge >= 0.3 is 11.7 Å². The van der Waals surface area contributed by atoms with E-state index in [4.69, 9.17) is 9.47 Å². The Morgan fingerprint density at radius 2 is 2.00 bits per heavy atom. The number of amides is 1. The van der Waals surface area contributed by atoms with E-state index in [9.17, 15) is 19.7 Å². The van der Waals surface area contributed by atoms with E-state index in [2.05, 4.69) is 0 Å². The Morgan fingerprint density at radius 3 is 2.74 bits per heavy atom. The Labute approximate surface area is 155 Å². The molecule has 0 radical (unpaired) electrons. The van der Waals surface area contributed by atoms with Crippen molar-refractivity contribution in [2.45, 2.75) is 12.8 Å². The SMILES string of the molecule is COc1ccc(C(=O)OCC(=O)N2CCCc3ccccc32)cc1[N+](=O)[O-]. The minimum atomic E-state index is -0.806. The molecule has 0 aliphatic carbocycles. The van der Waals surface area contributed by atoms with E-state index >= 15 is 0 Å². The third-order valence-electron chi connectivity index (χ3n) is 4.35. The van der Waals surface area contributed by atoms with Gasteiger partial charge in [-0.15, -0.1) is 0 Å². The second-order valence-electron chi connectivity index (χ2n) is 6.00. The van der Waals surface area contributed by atoms with Crippen LogP contribution in [0.1, 0.15) is 22.3 Å². The van der Waals surface area contributed by atoms with Crippen molar-refractivity contribution in [1.82, 2.24) is 0 Å². The number of hydrogen-bond donors (Lipinski definition) is 0. The smallest absolute Gasteiger partial charge is 0.338 e. The molecule has 1 heterocycles. The number of carbonyl (C=O) groups excluding carboxylic acids is 2. The van der Waals surface area contributed by atoms with E-state index in [1.54, 1.807) is 4.90 Å². The molecule has 140 valence electrons. The zero-order chi connectivity index (χ0) is 19.4. The second kappa shape index (κ2) is 7.86. The molecule has 1 aliphatic heterocycles. The lowest BCUT2D eigenvalue weighted by Gasteiger charge is -2.29. The van der Waals surface area contributed by atoms with Gasteiger partial charge in [-0.1, -0.05) is 18.2 Å². The highest BCUT2D eigenvalue weighted by molar-refractivity contribution is 5.98. The molecule has 0 atom stereocenters. The van der Waals surface area contributed by atoms with Crippen molar-refractivity contribution in [2.75, 3.05) is 25.2 Å². The van der Waals surface area contributed by atoms with Gasteiger partial charge in [-0.05, 0) is 36.6 Å². The number of para-hydroxylation sites is 1. The fourth-order valence-corrected chi connectivity index (χ4v) is 3.04. The van der Waals surface area contributed by atoms with Crippen LogP contribution in [0.3, 0.4) is 0 Å². The van der Waals surface area contributed by atoms with Crippen molar-refractivity contribution in [2.24, 2.45) is 0 Å². The summed E-state index contributed by atoms with van der Waals surface area (Å²) < 4.78 is 9.97. The number of hydrogen-bond acceptors (Lipinski definition) is 6. The number of nitro groups is 1. The summed E-state index contributed by atoms with van der Waals surface area (Å²) in [5.41, 5.74) is 1.54. The van der Waals surface area contributed by atoms with E-state index in [-0.39, 0.29) is 22.9 Å². The van der Waals surface area contributed by atoms with Crippen LogP contribution in [0.15, 0.2) is 42.5 Å². The number of carbonyl (C=O) groups is 2. The Hall–Kier alpha value is -3.42. The molecule has 27 heavy (non-hydrogen) atoms. The number of anilines is 1. The van der Waals surface area contributed by atoms with Gasteiger partial charge in [0, 0.05) is 18.3 Å². The van der Waals surface area contributed by atoms with Gasteiger partial charge in [0.15, 0.2) is 12.4 Å². The van der Waals surface area contributed by atoms with Crippen molar-refractivity contribution in [3.63, 3.8) is 0 Å². The zero-order valence-electron chi connectivity index (χ0n) is 14.7. The molecule has 1 aliphatic rings. The fourth-order valence-electron chi connectivity index (χ4n) is 3.04. The highest BCUT2D eigenvalue weighted by atomic mass is 16.6. The van der Waals surface area contributed by atoms with Crippen LogP contribution in [0, 0.1) is 10.1 Å². The summed E-state index contributed by atoms with van der Waals surface area (Å²) in [5, 5.41) is 11.1. The molecule has 8 nitrogen and oxygen atoms in total. The highest BCUT2D eigenvalue weighted by Gasteiger charge is 2.24. The first-order valence-corrected chi connectivity index (χ1v) is 8.39. The van der Waals surface area contributed by atoms with E-state index < -0.39 is 17.5 Å². The molecule has 0 saturated heterocycles. The van der Waals surface area contributed by atoms with Crippen molar-refractivity contribution < 1.29 is 24.0 Å². The number of nitro benzene ring substituents is 1. The van der Waals surface area contributed by atoms with Crippen LogP contribution in [0.4, 0.5) is 11.4 Å². The van der Waals surface area contributed by atoms with Crippen molar-refractivity contribution in [3.8, 4) is 5.75 Å². The third kappa shape index (κ3) is 3.89. The number of aryl methyl sites for hydroxylation is 1. The minimum Gasteiger partial charge on any atom is -0.490 e. The van der Waals surface area contributed by atoms with E-state index in [1.807, 2.05) is 24.3 Å². The van der Waals surface area contributed by atoms with Crippen LogP contribution in [0.2, 0.25) is 0 Å². The average molecular weight is 370 g/mol. The van der Waals surface area contributed by atoms with E-state index in [0.29, 0.717) is 6.54 Å². The first-order chi connectivity index (χ1) is 13.0. The van der Waals surface area contributed by atoms with E-state index in [1.165, 1.54) is 19.2 Å². The standard InChI is InChI=1S/C19H18N2O6/c1-26-17-9-8-14(11-16(17)21(24)25)19(23)27-12-18(22)20-10-4-6-13-5-2-3-7-15(13)20/h2-3,5,7-9,11H,4,6,10,12H2,1H3. The normalized spacial score (nSPS) is 12.9. The van der Waals surface area contributed by atoms with Gasteiger partial charge in [0.2, 0.25) is 0 Å². The topological polar surface area (TPSA) is 99.0 Å². The van der Waals surface area contributed by atoms with Crippen molar-refractivity contribution >= 4 is 23.3 Å². The molecule has 8 heteroatoms. The molecule has 0 saturated carbocycles. The molecular formula is C19H18N2O6. The summed E-state index contributed by atoms with van der Waals surface area (Å²) in [6, 6.07) is 11.3. The first-order valence-electron chi connectivity index (χ1n) is 8.39. The Balaban J connectivity index is 1.69. The second-order valence-corrected chi connectivity index (χ2v) is 6.00. The highest BCUT2D eigenvalue weighted by Crippen LogP contribution is 2.28. The Morgan fingerprint density at radius 1 is 1.22 bits per heavy atom. The number of methoxy groups -OCH3 is 1. The van der Waals surface area contributed by atoms with Crippen molar-refractivity contribution in [3.05, 3.63) is 63.7 Å². The van der Waals surface area contributed by atoms with Gasteiger partial charge in [-0.2, -0.15) is 0 Å². The summed E-state index contributed by atoms with van der Waals surface area (Å²) in [5.74, 6) is -1.10. The maximum atomic E-state index is 12.5. The van der Waals surface area contributed by atoms with Crippen LogP contribution in [0.5, 0.6) is 5.75 Å². The van der Waals surface area contributed by atoms with Gasteiger partial charge in [0.25, 0.3) is 5.91 Å². The van der Waals surface area contributed by atoms with Gasteiger partial charge in [0.05, 0.1) is 17.6 Å². The maximum absolute atomic E-state index is 12.5. The van der Waals surface area contributed by atoms with Gasteiger partial charge in [-0.3, -0.25) is 14.9 Å². The molecule has 0 N–H and O–H groups in total. The Bertz CT molecular complexity index is 896. The lowest BCUT2D eigenvalue weighted by Crippen LogP contribution is -2.38. The van der Waals surface area contributed by atoms with Crippen LogP contribution in [-0.2, 0) is 16.0 Å². The summed E-state index contributed by atoms with van der Waals surface area (Å²) in [6.45, 7) is 0.119. The lowest BCUT2D eigenvalue weighted by atomic mass is 10.0. The predicted octanol–water partition coefficient (Wildman–Crippen LogP) is 2.74. The molecule has 1 amide bonds. The minimum absolute atomic E-state index is 0.0191. The number of fused-ring (bicyclic) bond motifs is 1. The zero-order valence-corrected chi connectivity index (χ0v) is 14.7. The number of rotatable bonds is 5. The number of benzene rings is 2.